The molecule has 0 radical (unpaired) electrons. The third-order valence-corrected chi connectivity index (χ3v) is 5.60. The number of likely N-dealkylation sites (tertiary alicyclic amines) is 2. The van der Waals surface area contributed by atoms with Gasteiger partial charge in [0.15, 0.2) is 0 Å². The van der Waals surface area contributed by atoms with Crippen molar-refractivity contribution in [2.45, 2.75) is 38.2 Å². The molecule has 3 aliphatic rings. The quantitative estimate of drug-likeness (QED) is 0.705. The second kappa shape index (κ2) is 8.96. The SMILES string of the molecule is O=C(CN1CCN(CC(O)CN2CCCC2=O)CC1)N1CCCCC1. The fraction of sp³-hybridized carbons (Fsp3) is 0.889. The Morgan fingerprint density at radius 3 is 2.20 bits per heavy atom. The van der Waals surface area contributed by atoms with Crippen LogP contribution in [0.15, 0.2) is 0 Å². The summed E-state index contributed by atoms with van der Waals surface area (Å²) in [5, 5.41) is 10.3. The highest BCUT2D eigenvalue weighted by Crippen LogP contribution is 2.12. The molecule has 0 bridgehead atoms. The molecule has 3 saturated heterocycles. The Kier molecular flexibility index (Phi) is 6.67. The summed E-state index contributed by atoms with van der Waals surface area (Å²) in [4.78, 5) is 32.2. The number of amides is 2. The molecule has 3 rings (SSSR count). The number of aliphatic hydroxyl groups is 1. The number of aliphatic hydroxyl groups excluding tert-OH is 1. The Bertz CT molecular complexity index is 459. The first-order chi connectivity index (χ1) is 12.1. The Morgan fingerprint density at radius 2 is 1.56 bits per heavy atom. The molecule has 0 aromatic carbocycles. The molecular weight excluding hydrogens is 320 g/mol. The molecule has 0 spiro atoms. The number of piperidine rings is 1. The smallest absolute Gasteiger partial charge is 0.236 e. The minimum absolute atomic E-state index is 0.167. The average molecular weight is 352 g/mol. The topological polar surface area (TPSA) is 67.3 Å². The van der Waals surface area contributed by atoms with Gasteiger partial charge in [0, 0.05) is 65.3 Å². The zero-order valence-corrected chi connectivity index (χ0v) is 15.2. The van der Waals surface area contributed by atoms with E-state index in [0.717, 1.165) is 65.1 Å². The van der Waals surface area contributed by atoms with Crippen molar-refractivity contribution >= 4 is 11.8 Å². The van der Waals surface area contributed by atoms with Crippen molar-refractivity contribution in [2.75, 3.05) is 65.4 Å². The summed E-state index contributed by atoms with van der Waals surface area (Å²) in [6.07, 6.45) is 4.57. The maximum absolute atomic E-state index is 12.3. The van der Waals surface area contributed by atoms with Crippen LogP contribution in [0.3, 0.4) is 0 Å². The van der Waals surface area contributed by atoms with Gasteiger partial charge in [-0.05, 0) is 25.7 Å². The summed E-state index contributed by atoms with van der Waals surface area (Å²) in [5.74, 6) is 0.431. The van der Waals surface area contributed by atoms with Gasteiger partial charge in [-0.25, -0.2) is 0 Å². The molecule has 7 heteroatoms. The molecule has 3 heterocycles. The van der Waals surface area contributed by atoms with Crippen LogP contribution in [0, 0.1) is 0 Å². The molecule has 7 nitrogen and oxygen atoms in total. The Balaban J connectivity index is 1.34. The molecule has 0 aromatic heterocycles. The van der Waals surface area contributed by atoms with Crippen LogP contribution in [0.5, 0.6) is 0 Å². The van der Waals surface area contributed by atoms with E-state index in [1.165, 1.54) is 6.42 Å². The minimum atomic E-state index is -0.483. The van der Waals surface area contributed by atoms with Crippen LogP contribution in [0.25, 0.3) is 0 Å². The van der Waals surface area contributed by atoms with Crippen LogP contribution in [0.1, 0.15) is 32.1 Å². The number of rotatable bonds is 6. The number of carbonyl (C=O) groups excluding carboxylic acids is 2. The number of piperazine rings is 1. The van der Waals surface area contributed by atoms with Crippen molar-refractivity contribution in [3.8, 4) is 0 Å². The van der Waals surface area contributed by atoms with Crippen molar-refractivity contribution in [1.82, 2.24) is 19.6 Å². The molecule has 2 amide bonds. The van der Waals surface area contributed by atoms with E-state index in [9.17, 15) is 14.7 Å². The first kappa shape index (κ1) is 18.6. The Labute approximate surface area is 150 Å². The van der Waals surface area contributed by atoms with Gasteiger partial charge in [0.1, 0.15) is 0 Å². The highest BCUT2D eigenvalue weighted by Gasteiger charge is 2.26. The lowest BCUT2D eigenvalue weighted by Crippen LogP contribution is -2.52. The van der Waals surface area contributed by atoms with Crippen LogP contribution in [-0.4, -0.2) is 108 Å². The van der Waals surface area contributed by atoms with E-state index in [4.69, 9.17) is 0 Å². The van der Waals surface area contributed by atoms with E-state index >= 15 is 0 Å². The first-order valence-corrected chi connectivity index (χ1v) is 9.80. The Hall–Kier alpha value is -1.18. The molecule has 3 fully saturated rings. The third-order valence-electron chi connectivity index (χ3n) is 5.60. The van der Waals surface area contributed by atoms with Gasteiger partial charge < -0.3 is 14.9 Å². The highest BCUT2D eigenvalue weighted by atomic mass is 16.3. The number of β-amino-alcohol motifs (C(OH)–C–C–N with tert-alkyl or cyclic N) is 1. The van der Waals surface area contributed by atoms with E-state index in [-0.39, 0.29) is 11.8 Å². The van der Waals surface area contributed by atoms with Crippen molar-refractivity contribution in [3.05, 3.63) is 0 Å². The molecular formula is C18H32N4O3. The molecule has 0 saturated carbocycles. The van der Waals surface area contributed by atoms with Gasteiger partial charge in [-0.15, -0.1) is 0 Å². The van der Waals surface area contributed by atoms with Gasteiger partial charge >= 0.3 is 0 Å². The second-order valence-electron chi connectivity index (χ2n) is 7.62. The van der Waals surface area contributed by atoms with Crippen molar-refractivity contribution in [2.24, 2.45) is 0 Å². The third kappa shape index (κ3) is 5.39. The predicted octanol–water partition coefficient (Wildman–Crippen LogP) is -0.400. The number of nitrogens with zero attached hydrogens (tertiary/aromatic N) is 4. The highest BCUT2D eigenvalue weighted by molar-refractivity contribution is 5.78. The van der Waals surface area contributed by atoms with Gasteiger partial charge in [0.05, 0.1) is 12.6 Å². The summed E-state index contributed by atoms with van der Waals surface area (Å²) in [7, 11) is 0. The van der Waals surface area contributed by atoms with Crippen LogP contribution in [0.4, 0.5) is 0 Å². The minimum Gasteiger partial charge on any atom is -0.390 e. The first-order valence-electron chi connectivity index (χ1n) is 9.80. The monoisotopic (exact) mass is 352 g/mol. The fourth-order valence-corrected chi connectivity index (χ4v) is 4.07. The number of hydrogen-bond donors (Lipinski definition) is 1. The summed E-state index contributed by atoms with van der Waals surface area (Å²) in [6, 6.07) is 0. The molecule has 1 N–H and O–H groups in total. The predicted molar refractivity (Wildman–Crippen MR) is 95.1 cm³/mol. The van der Waals surface area contributed by atoms with Crippen LogP contribution >= 0.6 is 0 Å². The van der Waals surface area contributed by atoms with Crippen LogP contribution in [-0.2, 0) is 9.59 Å². The maximum Gasteiger partial charge on any atom is 0.236 e. The van der Waals surface area contributed by atoms with Crippen LogP contribution < -0.4 is 0 Å². The summed E-state index contributed by atoms with van der Waals surface area (Å²) in [5.41, 5.74) is 0. The molecule has 3 aliphatic heterocycles. The Morgan fingerprint density at radius 1 is 0.880 bits per heavy atom. The van der Waals surface area contributed by atoms with Crippen molar-refractivity contribution < 1.29 is 14.7 Å². The zero-order chi connectivity index (χ0) is 17.6. The lowest BCUT2D eigenvalue weighted by molar-refractivity contribution is -0.133. The summed E-state index contributed by atoms with van der Waals surface area (Å²) in [6.45, 7) is 7.69. The molecule has 1 atom stereocenters. The van der Waals surface area contributed by atoms with E-state index in [1.807, 2.05) is 4.90 Å². The molecule has 1 unspecified atom stereocenters. The van der Waals surface area contributed by atoms with Gasteiger partial charge in [0.2, 0.25) is 11.8 Å². The second-order valence-corrected chi connectivity index (χ2v) is 7.62. The van der Waals surface area contributed by atoms with Gasteiger partial charge in [-0.3, -0.25) is 19.4 Å². The fourth-order valence-electron chi connectivity index (χ4n) is 4.07. The standard InChI is InChI=1S/C18H32N4O3/c23-16(14-22-8-4-5-17(22)24)13-19-9-11-20(12-10-19)15-18(25)21-6-2-1-3-7-21/h16,23H,1-15H2. The van der Waals surface area contributed by atoms with Gasteiger partial charge in [0.25, 0.3) is 0 Å². The molecule has 25 heavy (non-hydrogen) atoms. The number of carbonyl (C=O) groups is 2. The normalized spacial score (nSPS) is 24.8. The molecule has 142 valence electrons. The van der Waals surface area contributed by atoms with E-state index < -0.39 is 6.10 Å². The van der Waals surface area contributed by atoms with Gasteiger partial charge in [-0.2, -0.15) is 0 Å². The maximum atomic E-state index is 12.3. The molecule has 0 aliphatic carbocycles. The largest absolute Gasteiger partial charge is 0.390 e. The molecule has 0 aromatic rings. The zero-order valence-electron chi connectivity index (χ0n) is 15.2. The number of hydrogen-bond acceptors (Lipinski definition) is 5. The van der Waals surface area contributed by atoms with Gasteiger partial charge in [-0.1, -0.05) is 0 Å². The summed E-state index contributed by atoms with van der Waals surface area (Å²) < 4.78 is 0. The lowest BCUT2D eigenvalue weighted by atomic mass is 10.1. The van der Waals surface area contributed by atoms with E-state index in [1.54, 1.807) is 4.90 Å². The van der Waals surface area contributed by atoms with Crippen molar-refractivity contribution in [3.63, 3.8) is 0 Å². The summed E-state index contributed by atoms with van der Waals surface area (Å²) >= 11 is 0. The van der Waals surface area contributed by atoms with Crippen LogP contribution in [0.2, 0.25) is 0 Å². The van der Waals surface area contributed by atoms with E-state index in [0.29, 0.717) is 26.1 Å². The lowest BCUT2D eigenvalue weighted by Gasteiger charge is -2.37. The van der Waals surface area contributed by atoms with E-state index in [2.05, 4.69) is 9.80 Å². The van der Waals surface area contributed by atoms with Crippen molar-refractivity contribution in [1.29, 1.82) is 0 Å². The average Bonchev–Trinajstić information content (AvgIpc) is 3.02.